The van der Waals surface area contributed by atoms with E-state index in [-0.39, 0.29) is 17.8 Å². The Morgan fingerprint density at radius 1 is 1.08 bits per heavy atom. The number of amides is 3. The maximum Gasteiger partial charge on any atom is 0.325 e. The third-order valence-corrected chi connectivity index (χ3v) is 4.76. The van der Waals surface area contributed by atoms with E-state index < -0.39 is 6.03 Å². The zero-order chi connectivity index (χ0) is 17.6. The fraction of sp³-hybridized carbons (Fsp3) is 0.353. The highest BCUT2D eigenvalue weighted by molar-refractivity contribution is 7.14. The average Bonchev–Trinajstić information content (AvgIpc) is 3.06. The van der Waals surface area contributed by atoms with Crippen LogP contribution in [0.25, 0.3) is 0 Å². The zero-order valence-electron chi connectivity index (χ0n) is 13.5. The third-order valence-electron chi connectivity index (χ3n) is 4.00. The number of urea groups is 1. The standard InChI is InChI=1S/C17H19FN4O2S/c18-11-6-8-13(9-7-11)20-16(24)22-17-21-14(10-25-17)15(23)19-12-4-2-1-3-5-12/h6-10,12H,1-5H2,(H,19,23)(H2,20,21,22,24). The van der Waals surface area contributed by atoms with Crippen molar-refractivity contribution in [2.45, 2.75) is 38.1 Å². The van der Waals surface area contributed by atoms with E-state index in [1.54, 1.807) is 5.38 Å². The summed E-state index contributed by atoms with van der Waals surface area (Å²) in [5, 5.41) is 10.1. The summed E-state index contributed by atoms with van der Waals surface area (Å²) in [6.45, 7) is 0. The highest BCUT2D eigenvalue weighted by atomic mass is 32.1. The molecule has 1 heterocycles. The first-order valence-electron chi connectivity index (χ1n) is 8.20. The normalized spacial score (nSPS) is 14.8. The quantitative estimate of drug-likeness (QED) is 0.769. The van der Waals surface area contributed by atoms with Crippen molar-refractivity contribution in [1.29, 1.82) is 0 Å². The number of anilines is 2. The number of rotatable bonds is 4. The summed E-state index contributed by atoms with van der Waals surface area (Å²) in [4.78, 5) is 28.3. The molecule has 1 aromatic carbocycles. The van der Waals surface area contributed by atoms with E-state index >= 15 is 0 Å². The minimum Gasteiger partial charge on any atom is -0.348 e. The lowest BCUT2D eigenvalue weighted by Crippen LogP contribution is -2.36. The predicted octanol–water partition coefficient (Wildman–Crippen LogP) is 3.99. The van der Waals surface area contributed by atoms with Crippen LogP contribution in [-0.4, -0.2) is 23.0 Å². The summed E-state index contributed by atoms with van der Waals surface area (Å²) < 4.78 is 12.8. The Bertz CT molecular complexity index is 741. The van der Waals surface area contributed by atoms with Gasteiger partial charge in [0.2, 0.25) is 0 Å². The van der Waals surface area contributed by atoms with E-state index in [1.807, 2.05) is 0 Å². The number of aromatic nitrogens is 1. The van der Waals surface area contributed by atoms with E-state index in [0.29, 0.717) is 16.5 Å². The largest absolute Gasteiger partial charge is 0.348 e. The number of benzene rings is 1. The van der Waals surface area contributed by atoms with Crippen LogP contribution in [0.4, 0.5) is 20.0 Å². The maximum absolute atomic E-state index is 12.8. The lowest BCUT2D eigenvalue weighted by molar-refractivity contribution is 0.0923. The summed E-state index contributed by atoms with van der Waals surface area (Å²) in [5.74, 6) is -0.588. The van der Waals surface area contributed by atoms with Crippen LogP contribution in [0.1, 0.15) is 42.6 Å². The Labute approximate surface area is 148 Å². The summed E-state index contributed by atoms with van der Waals surface area (Å²) in [6, 6.07) is 5.14. The molecular formula is C17H19FN4O2S. The van der Waals surface area contributed by atoms with E-state index in [2.05, 4.69) is 20.9 Å². The molecule has 6 nitrogen and oxygen atoms in total. The topological polar surface area (TPSA) is 83.1 Å². The molecule has 3 N–H and O–H groups in total. The molecule has 0 radical (unpaired) electrons. The zero-order valence-corrected chi connectivity index (χ0v) is 14.4. The van der Waals surface area contributed by atoms with Gasteiger partial charge in [0, 0.05) is 17.1 Å². The molecule has 1 fully saturated rings. The van der Waals surface area contributed by atoms with E-state index in [4.69, 9.17) is 0 Å². The van der Waals surface area contributed by atoms with Crippen LogP contribution in [0.3, 0.4) is 0 Å². The highest BCUT2D eigenvalue weighted by Gasteiger charge is 2.18. The molecule has 8 heteroatoms. The summed E-state index contributed by atoms with van der Waals surface area (Å²) in [5.41, 5.74) is 0.762. The van der Waals surface area contributed by atoms with Crippen molar-refractivity contribution in [2.24, 2.45) is 0 Å². The minimum atomic E-state index is -0.500. The number of carbonyl (C=O) groups excluding carboxylic acids is 2. The molecule has 1 aliphatic rings. The summed E-state index contributed by atoms with van der Waals surface area (Å²) in [6.07, 6.45) is 5.50. The third kappa shape index (κ3) is 4.99. The molecule has 132 valence electrons. The van der Waals surface area contributed by atoms with Crippen LogP contribution < -0.4 is 16.0 Å². The molecule has 0 bridgehead atoms. The number of nitrogens with zero attached hydrogens (tertiary/aromatic N) is 1. The Morgan fingerprint density at radius 3 is 2.52 bits per heavy atom. The van der Waals surface area contributed by atoms with Crippen molar-refractivity contribution >= 4 is 34.1 Å². The number of nitrogens with one attached hydrogen (secondary N) is 3. The van der Waals surface area contributed by atoms with Gasteiger partial charge in [0.15, 0.2) is 5.13 Å². The van der Waals surface area contributed by atoms with Gasteiger partial charge in [0.1, 0.15) is 11.5 Å². The molecule has 3 amide bonds. The van der Waals surface area contributed by atoms with Crippen LogP contribution in [-0.2, 0) is 0 Å². The van der Waals surface area contributed by atoms with Gasteiger partial charge >= 0.3 is 6.03 Å². The molecule has 0 aliphatic heterocycles. The summed E-state index contributed by atoms with van der Waals surface area (Å²) >= 11 is 1.18. The van der Waals surface area contributed by atoms with Gasteiger partial charge < -0.3 is 10.6 Å². The number of thiazole rings is 1. The van der Waals surface area contributed by atoms with Gasteiger partial charge in [-0.3, -0.25) is 10.1 Å². The highest BCUT2D eigenvalue weighted by Crippen LogP contribution is 2.19. The van der Waals surface area contributed by atoms with Crippen molar-refractivity contribution < 1.29 is 14.0 Å². The Balaban J connectivity index is 1.52. The van der Waals surface area contributed by atoms with Crippen LogP contribution in [0.2, 0.25) is 0 Å². The van der Waals surface area contributed by atoms with Gasteiger partial charge in [-0.15, -0.1) is 11.3 Å². The van der Waals surface area contributed by atoms with Gasteiger partial charge in [-0.2, -0.15) is 0 Å². The first-order chi connectivity index (χ1) is 12.1. The number of hydrogen-bond donors (Lipinski definition) is 3. The molecule has 0 atom stereocenters. The Morgan fingerprint density at radius 2 is 1.80 bits per heavy atom. The van der Waals surface area contributed by atoms with E-state index in [9.17, 15) is 14.0 Å². The summed E-state index contributed by atoms with van der Waals surface area (Å²) in [7, 11) is 0. The van der Waals surface area contributed by atoms with Crippen LogP contribution in [0.15, 0.2) is 29.6 Å². The molecule has 1 aromatic heterocycles. The average molecular weight is 362 g/mol. The first kappa shape index (κ1) is 17.3. The second kappa shape index (κ2) is 8.06. The molecule has 0 unspecified atom stereocenters. The van der Waals surface area contributed by atoms with Crippen molar-refractivity contribution in [1.82, 2.24) is 10.3 Å². The van der Waals surface area contributed by atoms with Gasteiger partial charge in [-0.1, -0.05) is 19.3 Å². The lowest BCUT2D eigenvalue weighted by Gasteiger charge is -2.22. The van der Waals surface area contributed by atoms with Gasteiger partial charge in [-0.25, -0.2) is 14.2 Å². The molecule has 0 spiro atoms. The second-order valence-electron chi connectivity index (χ2n) is 5.93. The number of carbonyl (C=O) groups is 2. The predicted molar refractivity (Wildman–Crippen MR) is 95.5 cm³/mol. The number of halogens is 1. The first-order valence-corrected chi connectivity index (χ1v) is 9.08. The van der Waals surface area contributed by atoms with Gasteiger partial charge in [-0.05, 0) is 37.1 Å². The minimum absolute atomic E-state index is 0.209. The van der Waals surface area contributed by atoms with E-state index in [0.717, 1.165) is 25.7 Å². The van der Waals surface area contributed by atoms with Gasteiger partial charge in [0.25, 0.3) is 5.91 Å². The Hall–Kier alpha value is -2.48. The SMILES string of the molecule is O=C(Nc1ccc(F)cc1)Nc1nc(C(=O)NC2CCCCC2)cs1. The van der Waals surface area contributed by atoms with E-state index in [1.165, 1.54) is 42.0 Å². The smallest absolute Gasteiger partial charge is 0.325 e. The van der Waals surface area contributed by atoms with Crippen LogP contribution in [0.5, 0.6) is 0 Å². The van der Waals surface area contributed by atoms with Crippen molar-refractivity contribution in [2.75, 3.05) is 10.6 Å². The molecule has 1 aliphatic carbocycles. The fourth-order valence-electron chi connectivity index (χ4n) is 2.73. The maximum atomic E-state index is 12.8. The molecule has 3 rings (SSSR count). The van der Waals surface area contributed by atoms with Crippen molar-refractivity contribution in [3.8, 4) is 0 Å². The van der Waals surface area contributed by atoms with Crippen LogP contribution in [0, 0.1) is 5.82 Å². The fourth-order valence-corrected chi connectivity index (χ4v) is 3.42. The number of hydrogen-bond acceptors (Lipinski definition) is 4. The van der Waals surface area contributed by atoms with Crippen molar-refractivity contribution in [3.05, 3.63) is 41.2 Å². The monoisotopic (exact) mass is 362 g/mol. The van der Waals surface area contributed by atoms with Crippen LogP contribution >= 0.6 is 11.3 Å². The molecule has 0 saturated heterocycles. The second-order valence-corrected chi connectivity index (χ2v) is 6.79. The van der Waals surface area contributed by atoms with Gasteiger partial charge in [0.05, 0.1) is 0 Å². The van der Waals surface area contributed by atoms with Crippen molar-refractivity contribution in [3.63, 3.8) is 0 Å². The lowest BCUT2D eigenvalue weighted by atomic mass is 9.95. The molecule has 2 aromatic rings. The Kier molecular flexibility index (Phi) is 5.60. The molecule has 25 heavy (non-hydrogen) atoms. The molecular weight excluding hydrogens is 343 g/mol. The molecule has 1 saturated carbocycles.